The maximum Gasteiger partial charge on any atom is 0.0228 e. The summed E-state index contributed by atoms with van der Waals surface area (Å²) in [5.41, 5.74) is 0. The summed E-state index contributed by atoms with van der Waals surface area (Å²) in [4.78, 5) is 0. The normalized spacial score (nSPS) is 34.2. The molecule has 1 saturated carbocycles. The Balaban J connectivity index is 2.44. The van der Waals surface area contributed by atoms with E-state index in [2.05, 4.69) is 12.8 Å². The van der Waals surface area contributed by atoms with Gasteiger partial charge in [0.1, 0.15) is 0 Å². The Bertz CT molecular complexity index is 118. The van der Waals surface area contributed by atoms with Gasteiger partial charge in [0.05, 0.1) is 0 Å². The first kappa shape index (κ1) is 6.68. The monoisotopic (exact) mass is 122 g/mol. The van der Waals surface area contributed by atoms with Crippen LogP contribution in [-0.2, 0) is 0 Å². The van der Waals surface area contributed by atoms with Gasteiger partial charge < -0.3 is 0 Å². The van der Waals surface area contributed by atoms with E-state index in [0.29, 0.717) is 5.92 Å². The van der Waals surface area contributed by atoms with Gasteiger partial charge in [-0.3, -0.25) is 0 Å². The highest BCUT2D eigenvalue weighted by molar-refractivity contribution is 4.98. The number of rotatable bonds is 1. The van der Waals surface area contributed by atoms with Crippen LogP contribution in [0.1, 0.15) is 32.6 Å². The highest BCUT2D eigenvalue weighted by Crippen LogP contribution is 2.32. The van der Waals surface area contributed by atoms with Crippen LogP contribution in [0.5, 0.6) is 0 Å². The van der Waals surface area contributed by atoms with Crippen molar-refractivity contribution < 1.29 is 0 Å². The number of hydrogen-bond donors (Lipinski definition) is 0. The Morgan fingerprint density at radius 2 is 2.33 bits per heavy atom. The summed E-state index contributed by atoms with van der Waals surface area (Å²) in [6.07, 6.45) is 10.6. The van der Waals surface area contributed by atoms with Crippen LogP contribution in [0.15, 0.2) is 0 Å². The van der Waals surface area contributed by atoms with Crippen LogP contribution in [-0.4, -0.2) is 0 Å². The van der Waals surface area contributed by atoms with Gasteiger partial charge in [-0.1, -0.05) is 19.8 Å². The van der Waals surface area contributed by atoms with E-state index in [1.165, 1.54) is 25.7 Å². The summed E-state index contributed by atoms with van der Waals surface area (Å²) in [5, 5.41) is 0. The summed E-state index contributed by atoms with van der Waals surface area (Å²) in [6.45, 7) is 2.24. The fraction of sp³-hybridized carbons (Fsp3) is 0.778. The molecule has 0 unspecified atom stereocenters. The van der Waals surface area contributed by atoms with Crippen molar-refractivity contribution in [2.75, 3.05) is 0 Å². The Kier molecular flexibility index (Phi) is 2.16. The molecule has 0 heteroatoms. The van der Waals surface area contributed by atoms with Crippen molar-refractivity contribution in [3.05, 3.63) is 0 Å². The average molecular weight is 122 g/mol. The second-order valence-electron chi connectivity index (χ2n) is 2.87. The highest BCUT2D eigenvalue weighted by atomic mass is 14.3. The van der Waals surface area contributed by atoms with Crippen LogP contribution in [0.2, 0.25) is 0 Å². The predicted molar refractivity (Wildman–Crippen MR) is 40.0 cm³/mol. The molecule has 0 bridgehead atoms. The summed E-state index contributed by atoms with van der Waals surface area (Å²) in [6, 6.07) is 0. The lowest BCUT2D eigenvalue weighted by Crippen LogP contribution is -2.02. The zero-order chi connectivity index (χ0) is 6.69. The first-order valence-corrected chi connectivity index (χ1v) is 3.84. The van der Waals surface area contributed by atoms with Crippen LogP contribution < -0.4 is 0 Å². The molecule has 1 fully saturated rings. The van der Waals surface area contributed by atoms with Crippen LogP contribution in [0, 0.1) is 24.2 Å². The molecule has 0 aromatic rings. The number of hydrogen-bond acceptors (Lipinski definition) is 0. The van der Waals surface area contributed by atoms with Gasteiger partial charge in [0, 0.05) is 5.92 Å². The van der Waals surface area contributed by atoms with Crippen molar-refractivity contribution in [2.45, 2.75) is 32.6 Å². The van der Waals surface area contributed by atoms with Gasteiger partial charge in [0.25, 0.3) is 0 Å². The molecular weight excluding hydrogens is 108 g/mol. The van der Waals surface area contributed by atoms with Crippen molar-refractivity contribution >= 4 is 0 Å². The molecule has 0 N–H and O–H groups in total. The van der Waals surface area contributed by atoms with E-state index in [1.807, 2.05) is 0 Å². The van der Waals surface area contributed by atoms with E-state index in [4.69, 9.17) is 6.42 Å². The molecule has 50 valence electrons. The Morgan fingerprint density at radius 3 is 2.78 bits per heavy atom. The van der Waals surface area contributed by atoms with E-state index in [1.54, 1.807) is 0 Å². The minimum Gasteiger partial charge on any atom is -0.120 e. The van der Waals surface area contributed by atoms with E-state index in [9.17, 15) is 0 Å². The summed E-state index contributed by atoms with van der Waals surface area (Å²) in [7, 11) is 0. The molecule has 0 amide bonds. The molecule has 0 aliphatic heterocycles. The van der Waals surface area contributed by atoms with E-state index in [0.717, 1.165) is 5.92 Å². The topological polar surface area (TPSA) is 0 Å². The summed E-state index contributed by atoms with van der Waals surface area (Å²) >= 11 is 0. The lowest BCUT2D eigenvalue weighted by Gasteiger charge is -2.09. The largest absolute Gasteiger partial charge is 0.120 e. The molecule has 1 aliphatic rings. The average Bonchev–Trinajstić information content (AvgIpc) is 2.33. The van der Waals surface area contributed by atoms with Crippen molar-refractivity contribution in [1.29, 1.82) is 0 Å². The van der Waals surface area contributed by atoms with E-state index in [-0.39, 0.29) is 0 Å². The van der Waals surface area contributed by atoms with Crippen molar-refractivity contribution in [3.8, 4) is 12.3 Å². The van der Waals surface area contributed by atoms with Gasteiger partial charge in [-0.05, 0) is 18.8 Å². The maximum absolute atomic E-state index is 5.35. The second kappa shape index (κ2) is 2.92. The van der Waals surface area contributed by atoms with Gasteiger partial charge in [-0.2, -0.15) is 0 Å². The Morgan fingerprint density at radius 1 is 1.56 bits per heavy atom. The van der Waals surface area contributed by atoms with Crippen LogP contribution in [0.3, 0.4) is 0 Å². The molecule has 1 aliphatic carbocycles. The molecular formula is C9H14. The standard InChI is InChI=1S/C9H14/c1-3-8-6-5-7-9(8)4-2/h1,8-9H,4-7H2,2H3/t8-,9-/m1/s1. The first-order chi connectivity index (χ1) is 4.38. The van der Waals surface area contributed by atoms with Crippen LogP contribution in [0.4, 0.5) is 0 Å². The zero-order valence-corrected chi connectivity index (χ0v) is 6.06. The molecule has 9 heavy (non-hydrogen) atoms. The zero-order valence-electron chi connectivity index (χ0n) is 6.06. The van der Waals surface area contributed by atoms with E-state index < -0.39 is 0 Å². The third-order valence-electron chi connectivity index (χ3n) is 2.40. The third kappa shape index (κ3) is 1.27. The van der Waals surface area contributed by atoms with E-state index >= 15 is 0 Å². The van der Waals surface area contributed by atoms with Crippen LogP contribution >= 0.6 is 0 Å². The molecule has 0 saturated heterocycles. The summed E-state index contributed by atoms with van der Waals surface area (Å²) < 4.78 is 0. The molecule has 0 heterocycles. The first-order valence-electron chi connectivity index (χ1n) is 3.84. The second-order valence-corrected chi connectivity index (χ2v) is 2.87. The molecule has 0 aromatic heterocycles. The molecule has 0 nitrogen and oxygen atoms in total. The SMILES string of the molecule is C#C[C@@H]1CCC[C@H]1CC. The Hall–Kier alpha value is -0.440. The van der Waals surface area contributed by atoms with Gasteiger partial charge in [0.15, 0.2) is 0 Å². The van der Waals surface area contributed by atoms with Gasteiger partial charge in [-0.15, -0.1) is 12.3 Å². The van der Waals surface area contributed by atoms with Gasteiger partial charge >= 0.3 is 0 Å². The third-order valence-corrected chi connectivity index (χ3v) is 2.40. The van der Waals surface area contributed by atoms with Crippen molar-refractivity contribution in [2.24, 2.45) is 11.8 Å². The molecule has 0 aromatic carbocycles. The lowest BCUT2D eigenvalue weighted by atomic mass is 9.95. The molecule has 0 spiro atoms. The highest BCUT2D eigenvalue weighted by Gasteiger charge is 2.23. The Labute approximate surface area is 57.7 Å². The molecule has 0 radical (unpaired) electrons. The minimum absolute atomic E-state index is 0.606. The van der Waals surface area contributed by atoms with Crippen molar-refractivity contribution in [3.63, 3.8) is 0 Å². The molecule has 1 rings (SSSR count). The predicted octanol–water partition coefficient (Wildman–Crippen LogP) is 2.45. The maximum atomic E-state index is 5.35. The fourth-order valence-electron chi connectivity index (χ4n) is 1.74. The fourth-order valence-corrected chi connectivity index (χ4v) is 1.74. The van der Waals surface area contributed by atoms with Crippen molar-refractivity contribution in [1.82, 2.24) is 0 Å². The smallest absolute Gasteiger partial charge is 0.0228 e. The minimum atomic E-state index is 0.606. The molecule has 2 atom stereocenters. The summed E-state index contributed by atoms with van der Waals surface area (Å²) in [5.74, 6) is 4.31. The lowest BCUT2D eigenvalue weighted by molar-refractivity contribution is 0.457. The number of terminal acetylenes is 1. The van der Waals surface area contributed by atoms with Gasteiger partial charge in [-0.25, -0.2) is 0 Å². The van der Waals surface area contributed by atoms with Gasteiger partial charge in [0.2, 0.25) is 0 Å². The quantitative estimate of drug-likeness (QED) is 0.469. The van der Waals surface area contributed by atoms with Crippen LogP contribution in [0.25, 0.3) is 0 Å².